The number of imide groups is 1. The van der Waals surface area contributed by atoms with Crippen molar-refractivity contribution >= 4 is 35.0 Å². The van der Waals surface area contributed by atoms with Crippen LogP contribution >= 0.6 is 11.6 Å². The number of hydrogen-bond donors (Lipinski definition) is 0. The molecule has 0 N–H and O–H groups in total. The minimum Gasteiger partial charge on any atom is -0.305 e. The first kappa shape index (κ1) is 27.7. The maximum Gasteiger partial charge on any atom is 0.251 e. The number of carbonyl (C=O) groups excluding carboxylic acids is 3. The average Bonchev–Trinajstić information content (AvgIpc) is 3.21. The molecule has 2 fully saturated rings. The van der Waals surface area contributed by atoms with Crippen molar-refractivity contribution in [2.45, 2.75) is 76.3 Å². The van der Waals surface area contributed by atoms with Crippen LogP contribution in [-0.4, -0.2) is 34.2 Å². The van der Waals surface area contributed by atoms with E-state index in [2.05, 4.69) is 39.0 Å². The molecule has 0 unspecified atom stereocenters. The Hall–Kier alpha value is -3.44. The summed E-state index contributed by atoms with van der Waals surface area (Å²) in [4.78, 5) is 45.8. The Balaban J connectivity index is 1.45. The number of nitrogens with zero attached hydrogens (tertiary/aromatic N) is 2. The van der Waals surface area contributed by atoms with Crippen molar-refractivity contribution in [2.24, 2.45) is 11.8 Å². The van der Waals surface area contributed by atoms with Crippen molar-refractivity contribution in [1.82, 2.24) is 4.90 Å². The SMILES string of the molecule is CC1(C)C[C@](C)(c2ccc(Cl)cc2)c2ccccc2N1C(=O)[C@@H](Cc1ccccc1)N1C(=O)[C@H]2CCCC[C@H]2C1=O. The minimum atomic E-state index is -0.907. The highest BCUT2D eigenvalue weighted by molar-refractivity contribution is 6.30. The second kappa shape index (κ2) is 10.4. The van der Waals surface area contributed by atoms with E-state index in [4.69, 9.17) is 11.6 Å². The van der Waals surface area contributed by atoms with Gasteiger partial charge in [-0.15, -0.1) is 0 Å². The van der Waals surface area contributed by atoms with Gasteiger partial charge >= 0.3 is 0 Å². The molecule has 3 aliphatic rings. The molecule has 41 heavy (non-hydrogen) atoms. The third kappa shape index (κ3) is 4.68. The van der Waals surface area contributed by atoms with Crippen LogP contribution in [0.25, 0.3) is 0 Å². The van der Waals surface area contributed by atoms with E-state index in [-0.39, 0.29) is 35.0 Å². The predicted molar refractivity (Wildman–Crippen MR) is 162 cm³/mol. The molecule has 1 saturated heterocycles. The quantitative estimate of drug-likeness (QED) is 0.313. The van der Waals surface area contributed by atoms with Gasteiger partial charge in [0.05, 0.1) is 11.8 Å². The monoisotopic (exact) mass is 568 g/mol. The highest BCUT2D eigenvalue weighted by Gasteiger charge is 2.55. The summed E-state index contributed by atoms with van der Waals surface area (Å²) >= 11 is 6.24. The zero-order chi connectivity index (χ0) is 28.9. The maximum atomic E-state index is 14.9. The summed E-state index contributed by atoms with van der Waals surface area (Å²) in [6, 6.07) is 24.8. The number of halogens is 1. The molecule has 212 valence electrons. The highest BCUT2D eigenvalue weighted by atomic mass is 35.5. The van der Waals surface area contributed by atoms with Gasteiger partial charge in [0.25, 0.3) is 5.91 Å². The minimum absolute atomic E-state index is 0.178. The van der Waals surface area contributed by atoms with E-state index in [9.17, 15) is 14.4 Å². The van der Waals surface area contributed by atoms with Gasteiger partial charge in [0.2, 0.25) is 11.8 Å². The van der Waals surface area contributed by atoms with Crippen LogP contribution in [0.4, 0.5) is 5.69 Å². The third-order valence-electron chi connectivity index (χ3n) is 9.58. The summed E-state index contributed by atoms with van der Waals surface area (Å²) in [5.41, 5.74) is 2.94. The zero-order valence-electron chi connectivity index (χ0n) is 24.0. The number of likely N-dealkylation sites (tertiary alicyclic amines) is 1. The Morgan fingerprint density at radius 2 is 1.44 bits per heavy atom. The Morgan fingerprint density at radius 3 is 2.07 bits per heavy atom. The molecule has 3 aromatic carbocycles. The summed E-state index contributed by atoms with van der Waals surface area (Å²) in [5.74, 6) is -1.18. The molecule has 5 nitrogen and oxygen atoms in total. The summed E-state index contributed by atoms with van der Waals surface area (Å²) in [7, 11) is 0. The van der Waals surface area contributed by atoms with E-state index in [1.165, 1.54) is 4.90 Å². The van der Waals surface area contributed by atoms with Crippen molar-refractivity contribution in [1.29, 1.82) is 0 Å². The van der Waals surface area contributed by atoms with E-state index in [0.29, 0.717) is 17.9 Å². The van der Waals surface area contributed by atoms with Crippen LogP contribution in [0.2, 0.25) is 5.02 Å². The number of carbonyl (C=O) groups is 3. The zero-order valence-corrected chi connectivity index (χ0v) is 24.7. The van der Waals surface area contributed by atoms with E-state index in [1.54, 1.807) is 0 Å². The number of hydrogen-bond acceptors (Lipinski definition) is 3. The molecule has 0 bridgehead atoms. The molecule has 4 atom stereocenters. The van der Waals surface area contributed by atoms with Gasteiger partial charge < -0.3 is 4.90 Å². The normalized spacial score (nSPS) is 26.0. The number of benzene rings is 3. The molecule has 0 aromatic heterocycles. The summed E-state index contributed by atoms with van der Waals surface area (Å²) in [5, 5.41) is 0.682. The summed E-state index contributed by atoms with van der Waals surface area (Å²) < 4.78 is 0. The molecule has 2 heterocycles. The number of amides is 3. The average molecular weight is 569 g/mol. The van der Waals surface area contributed by atoms with E-state index in [0.717, 1.165) is 48.1 Å². The largest absolute Gasteiger partial charge is 0.305 e. The first-order valence-corrected chi connectivity index (χ1v) is 15.1. The molecule has 1 saturated carbocycles. The van der Waals surface area contributed by atoms with Crippen LogP contribution < -0.4 is 4.90 Å². The van der Waals surface area contributed by atoms with Gasteiger partial charge in [-0.1, -0.05) is 92.0 Å². The second-order valence-electron chi connectivity index (χ2n) is 12.8. The summed E-state index contributed by atoms with van der Waals surface area (Å²) in [6.07, 6.45) is 4.28. The molecule has 2 aliphatic heterocycles. The third-order valence-corrected chi connectivity index (χ3v) is 9.83. The molecule has 3 amide bonds. The van der Waals surface area contributed by atoms with Crippen LogP contribution in [0.15, 0.2) is 78.9 Å². The van der Waals surface area contributed by atoms with Crippen molar-refractivity contribution < 1.29 is 14.4 Å². The maximum absolute atomic E-state index is 14.9. The predicted octanol–water partition coefficient (Wildman–Crippen LogP) is 6.95. The molecule has 0 radical (unpaired) electrons. The Bertz CT molecular complexity index is 1460. The fraction of sp³-hybridized carbons (Fsp3) is 0.400. The second-order valence-corrected chi connectivity index (χ2v) is 13.2. The lowest BCUT2D eigenvalue weighted by molar-refractivity contribution is -0.147. The van der Waals surface area contributed by atoms with Crippen molar-refractivity contribution in [2.75, 3.05) is 4.90 Å². The lowest BCUT2D eigenvalue weighted by Gasteiger charge is -2.52. The van der Waals surface area contributed by atoms with Gasteiger partial charge in [-0.25, -0.2) is 0 Å². The van der Waals surface area contributed by atoms with E-state index in [1.807, 2.05) is 65.6 Å². The van der Waals surface area contributed by atoms with Crippen LogP contribution in [-0.2, 0) is 26.2 Å². The summed E-state index contributed by atoms with van der Waals surface area (Å²) in [6.45, 7) is 6.39. The smallest absolute Gasteiger partial charge is 0.251 e. The van der Waals surface area contributed by atoms with Crippen LogP contribution in [0.5, 0.6) is 0 Å². The molecule has 1 aliphatic carbocycles. The lowest BCUT2D eigenvalue weighted by atomic mass is 9.65. The van der Waals surface area contributed by atoms with Gasteiger partial charge in [0, 0.05) is 28.1 Å². The fourth-order valence-electron chi connectivity index (χ4n) is 7.76. The Morgan fingerprint density at radius 1 is 0.854 bits per heavy atom. The number of anilines is 1. The molecule has 0 spiro atoms. The van der Waals surface area contributed by atoms with Gasteiger partial charge in [-0.2, -0.15) is 0 Å². The van der Waals surface area contributed by atoms with Crippen LogP contribution in [0, 0.1) is 11.8 Å². The Labute approximate surface area is 247 Å². The van der Waals surface area contributed by atoms with Crippen LogP contribution in [0.3, 0.4) is 0 Å². The lowest BCUT2D eigenvalue weighted by Crippen LogP contribution is -2.61. The van der Waals surface area contributed by atoms with E-state index >= 15 is 0 Å². The number of para-hydroxylation sites is 1. The molecular weight excluding hydrogens is 532 g/mol. The number of rotatable bonds is 5. The molecule has 6 rings (SSSR count). The Kier molecular flexibility index (Phi) is 7.05. The van der Waals surface area contributed by atoms with Gasteiger partial charge in [0.1, 0.15) is 6.04 Å². The topological polar surface area (TPSA) is 57.7 Å². The standard InChI is InChI=1S/C35H37ClN2O3/c1-34(2)22-35(3,24-17-19-25(36)20-18-24)28-15-9-10-16-29(28)38(34)33(41)30(21-23-11-5-4-6-12-23)37-31(39)26-13-7-8-14-27(26)32(37)40/h4-6,9-12,15-20,26-27,30H,7-8,13-14,21-22H2,1-3H3/t26-,27+,30-,35-/m1/s1. The number of fused-ring (bicyclic) bond motifs is 2. The molecular formula is C35H37ClN2O3. The first-order chi connectivity index (χ1) is 19.6. The fourth-order valence-corrected chi connectivity index (χ4v) is 7.89. The van der Waals surface area contributed by atoms with E-state index < -0.39 is 11.6 Å². The van der Waals surface area contributed by atoms with Gasteiger partial charge in [0.15, 0.2) is 0 Å². The van der Waals surface area contributed by atoms with Gasteiger partial charge in [-0.05, 0) is 68.0 Å². The highest BCUT2D eigenvalue weighted by Crippen LogP contribution is 2.51. The van der Waals surface area contributed by atoms with Crippen molar-refractivity contribution in [3.8, 4) is 0 Å². The van der Waals surface area contributed by atoms with Crippen LogP contribution in [0.1, 0.15) is 69.6 Å². The van der Waals surface area contributed by atoms with Crippen molar-refractivity contribution in [3.63, 3.8) is 0 Å². The molecule has 6 heteroatoms. The first-order valence-electron chi connectivity index (χ1n) is 14.7. The molecule has 3 aromatic rings. The van der Waals surface area contributed by atoms with Crippen molar-refractivity contribution in [3.05, 3.63) is 101 Å². The van der Waals surface area contributed by atoms with Gasteiger partial charge in [-0.3, -0.25) is 19.3 Å².